The van der Waals surface area contributed by atoms with Gasteiger partial charge in [-0.25, -0.2) is 0 Å². The summed E-state index contributed by atoms with van der Waals surface area (Å²) in [5, 5.41) is 16.9. The van der Waals surface area contributed by atoms with Crippen LogP contribution in [0.25, 0.3) is 0 Å². The maximum atomic E-state index is 14.5. The molecule has 1 aromatic carbocycles. The Morgan fingerprint density at radius 1 is 1.10 bits per heavy atom. The van der Waals surface area contributed by atoms with E-state index in [2.05, 4.69) is 31.4 Å². The zero-order valence-corrected chi connectivity index (χ0v) is 24.7. The number of rotatable bonds is 10. The molecule has 1 aromatic rings. The van der Waals surface area contributed by atoms with Crippen LogP contribution in [0.3, 0.4) is 0 Å². The number of aliphatic hydroxyl groups excluding tert-OH is 1. The molecule has 0 saturated carbocycles. The molecule has 3 aliphatic rings. The fourth-order valence-corrected chi connectivity index (χ4v) is 7.85. The molecular weight excluding hydrogens is 494 g/mol. The molecule has 3 N–H and O–H groups in total. The summed E-state index contributed by atoms with van der Waals surface area (Å²) in [5.74, 6) is -2.25. The van der Waals surface area contributed by atoms with Gasteiger partial charge >= 0.3 is 0 Å². The first kappa shape index (κ1) is 29.5. The number of fused-ring (bicyclic) bond motifs is 1. The molecule has 2 unspecified atom stereocenters. The first-order valence-electron chi connectivity index (χ1n) is 14.5. The second-order valence-electron chi connectivity index (χ2n) is 13.6. The summed E-state index contributed by atoms with van der Waals surface area (Å²) in [6.45, 7) is 14.5. The average molecular weight is 542 g/mol. The number of benzene rings is 1. The molecule has 6 atom stereocenters. The Hall–Kier alpha value is -2.45. The lowest BCUT2D eigenvalue weighted by Crippen LogP contribution is -2.60. The highest BCUT2D eigenvalue weighted by molar-refractivity contribution is 5.99. The van der Waals surface area contributed by atoms with Crippen LogP contribution in [0.4, 0.5) is 0 Å². The largest absolute Gasteiger partial charge is 0.394 e. The van der Waals surface area contributed by atoms with Crippen LogP contribution in [-0.4, -0.2) is 63.7 Å². The monoisotopic (exact) mass is 541 g/mol. The topological polar surface area (TPSA) is 108 Å². The van der Waals surface area contributed by atoms with Crippen LogP contribution in [0, 0.1) is 17.3 Å². The predicted molar refractivity (Wildman–Crippen MR) is 150 cm³/mol. The Balaban J connectivity index is 1.82. The van der Waals surface area contributed by atoms with Gasteiger partial charge in [-0.2, -0.15) is 0 Å². The van der Waals surface area contributed by atoms with E-state index in [1.54, 1.807) is 0 Å². The third-order valence-electron chi connectivity index (χ3n) is 8.83. The van der Waals surface area contributed by atoms with Gasteiger partial charge in [-0.1, -0.05) is 65.0 Å². The van der Waals surface area contributed by atoms with E-state index in [-0.39, 0.29) is 29.7 Å². The van der Waals surface area contributed by atoms with E-state index in [4.69, 9.17) is 4.74 Å². The van der Waals surface area contributed by atoms with Crippen molar-refractivity contribution in [2.45, 2.75) is 109 Å². The van der Waals surface area contributed by atoms with Crippen molar-refractivity contribution in [1.29, 1.82) is 0 Å². The van der Waals surface area contributed by atoms with Crippen molar-refractivity contribution in [1.82, 2.24) is 15.5 Å². The lowest BCUT2D eigenvalue weighted by Gasteiger charge is -2.40. The van der Waals surface area contributed by atoms with Gasteiger partial charge in [-0.05, 0) is 56.9 Å². The second-order valence-corrected chi connectivity index (χ2v) is 13.6. The number of likely N-dealkylation sites (tertiary alicyclic amines) is 1. The van der Waals surface area contributed by atoms with Gasteiger partial charge in [0.25, 0.3) is 0 Å². The fourth-order valence-electron chi connectivity index (χ4n) is 7.85. The van der Waals surface area contributed by atoms with Crippen molar-refractivity contribution in [2.75, 3.05) is 13.2 Å². The number of nitrogens with one attached hydrogen (secondary N) is 2. The molecule has 1 spiro atoms. The number of hydrogen-bond donors (Lipinski definition) is 3. The van der Waals surface area contributed by atoms with E-state index in [1.807, 2.05) is 58.0 Å². The molecule has 0 radical (unpaired) electrons. The fraction of sp³-hybridized carbons (Fsp3) is 0.710. The summed E-state index contributed by atoms with van der Waals surface area (Å²) in [6.07, 6.45) is 3.20. The molecule has 3 amide bonds. The van der Waals surface area contributed by atoms with E-state index in [0.29, 0.717) is 25.8 Å². The predicted octanol–water partition coefficient (Wildman–Crippen LogP) is 3.73. The molecule has 8 heteroatoms. The van der Waals surface area contributed by atoms with Gasteiger partial charge in [0.15, 0.2) is 0 Å². The first-order valence-corrected chi connectivity index (χ1v) is 14.5. The highest BCUT2D eigenvalue weighted by atomic mass is 16.5. The summed E-state index contributed by atoms with van der Waals surface area (Å²) < 4.78 is 6.85. The van der Waals surface area contributed by atoms with Crippen LogP contribution < -0.4 is 10.6 Å². The van der Waals surface area contributed by atoms with E-state index in [0.717, 1.165) is 18.4 Å². The SMILES string of the molecule is CCCNC(=O)[C@H]1[C@H]2C(=O)N([C@H](CO)c3ccccc3)C(C(=O)NC(C)(C)CC(C)(C)C)C23CC[C@]1(CC)O3. The summed E-state index contributed by atoms with van der Waals surface area (Å²) in [6, 6.07) is 7.60. The van der Waals surface area contributed by atoms with Crippen LogP contribution in [0.15, 0.2) is 30.3 Å². The summed E-state index contributed by atoms with van der Waals surface area (Å²) in [5.41, 5.74) is -1.76. The number of amides is 3. The molecule has 3 saturated heterocycles. The molecule has 39 heavy (non-hydrogen) atoms. The van der Waals surface area contributed by atoms with Gasteiger partial charge in [0, 0.05) is 12.1 Å². The van der Waals surface area contributed by atoms with Crippen molar-refractivity contribution < 1.29 is 24.2 Å². The lowest BCUT2D eigenvalue weighted by molar-refractivity contribution is -0.152. The van der Waals surface area contributed by atoms with Gasteiger partial charge in [0.1, 0.15) is 11.6 Å². The molecule has 4 rings (SSSR count). The Labute approximate surface area is 233 Å². The maximum absolute atomic E-state index is 14.5. The lowest BCUT2D eigenvalue weighted by atomic mass is 9.65. The van der Waals surface area contributed by atoms with Crippen LogP contribution >= 0.6 is 0 Å². The van der Waals surface area contributed by atoms with Gasteiger partial charge in [0.05, 0.1) is 30.1 Å². The molecular formula is C31H47N3O5. The molecule has 3 fully saturated rings. The van der Waals surface area contributed by atoms with Crippen LogP contribution in [-0.2, 0) is 19.1 Å². The van der Waals surface area contributed by atoms with Crippen LogP contribution in [0.1, 0.15) is 92.2 Å². The van der Waals surface area contributed by atoms with Crippen molar-refractivity contribution in [3.63, 3.8) is 0 Å². The first-order chi connectivity index (χ1) is 18.3. The number of ether oxygens (including phenoxy) is 1. The van der Waals surface area contributed by atoms with Gasteiger partial charge in [-0.3, -0.25) is 14.4 Å². The Kier molecular flexibility index (Phi) is 7.96. The molecule has 216 valence electrons. The highest BCUT2D eigenvalue weighted by Gasteiger charge is 2.79. The number of carbonyl (C=O) groups excluding carboxylic acids is 3. The summed E-state index contributed by atoms with van der Waals surface area (Å²) >= 11 is 0. The van der Waals surface area contributed by atoms with Crippen molar-refractivity contribution in [3.05, 3.63) is 35.9 Å². The van der Waals surface area contributed by atoms with E-state index >= 15 is 0 Å². The minimum Gasteiger partial charge on any atom is -0.394 e. The van der Waals surface area contributed by atoms with Gasteiger partial charge < -0.3 is 25.4 Å². The molecule has 0 aliphatic carbocycles. The van der Waals surface area contributed by atoms with Crippen molar-refractivity contribution in [2.24, 2.45) is 17.3 Å². The summed E-state index contributed by atoms with van der Waals surface area (Å²) in [4.78, 5) is 44.0. The number of hydrogen-bond acceptors (Lipinski definition) is 5. The zero-order chi connectivity index (χ0) is 28.8. The number of aliphatic hydroxyl groups is 1. The van der Waals surface area contributed by atoms with E-state index < -0.39 is 40.7 Å². The Morgan fingerprint density at radius 3 is 2.33 bits per heavy atom. The molecule has 8 nitrogen and oxygen atoms in total. The van der Waals surface area contributed by atoms with Gasteiger partial charge in [0.2, 0.25) is 17.7 Å². The number of nitrogens with zero attached hydrogens (tertiary/aromatic N) is 1. The molecule has 3 heterocycles. The van der Waals surface area contributed by atoms with Crippen molar-refractivity contribution in [3.8, 4) is 0 Å². The second kappa shape index (κ2) is 10.5. The quantitative estimate of drug-likeness (QED) is 0.418. The maximum Gasteiger partial charge on any atom is 0.246 e. The van der Waals surface area contributed by atoms with Crippen LogP contribution in [0.2, 0.25) is 0 Å². The normalized spacial score (nSPS) is 30.8. The molecule has 0 aromatic heterocycles. The molecule has 2 bridgehead atoms. The van der Waals surface area contributed by atoms with E-state index in [1.165, 1.54) is 4.90 Å². The third kappa shape index (κ3) is 5.10. The average Bonchev–Trinajstić information content (AvgIpc) is 3.46. The minimum absolute atomic E-state index is 0.0303. The number of carbonyl (C=O) groups is 3. The Morgan fingerprint density at radius 2 is 1.77 bits per heavy atom. The van der Waals surface area contributed by atoms with Gasteiger partial charge in [-0.15, -0.1) is 0 Å². The van der Waals surface area contributed by atoms with Crippen LogP contribution in [0.5, 0.6) is 0 Å². The van der Waals surface area contributed by atoms with Crippen molar-refractivity contribution >= 4 is 17.7 Å². The minimum atomic E-state index is -1.13. The van der Waals surface area contributed by atoms with E-state index in [9.17, 15) is 19.5 Å². The summed E-state index contributed by atoms with van der Waals surface area (Å²) in [7, 11) is 0. The zero-order valence-electron chi connectivity index (χ0n) is 24.7. The standard InChI is InChI=1S/C31H47N3O5/c1-8-17-32-25(36)22-23-27(38)34(21(18-35)20-13-11-10-12-14-20)24(31(23)16-15-30(22,9-2)39-31)26(37)33-29(6,7)19-28(3,4)5/h10-14,21-24,35H,8-9,15-19H2,1-7H3,(H,32,36)(H,33,37)/t21-,22-,23+,24?,30+,31?/m1/s1. The third-order valence-corrected chi connectivity index (χ3v) is 8.83. The Bertz CT molecular complexity index is 1080. The molecule has 3 aliphatic heterocycles. The smallest absolute Gasteiger partial charge is 0.246 e. The highest BCUT2D eigenvalue weighted by Crippen LogP contribution is 2.65.